The molecule has 1 fully saturated rings. The molecule has 132 valence electrons. The van der Waals surface area contributed by atoms with Gasteiger partial charge in [0.2, 0.25) is 11.9 Å². The third kappa shape index (κ3) is 3.33. The number of aromatic nitrogens is 4. The number of nitrogens with one attached hydrogen (secondary N) is 1. The van der Waals surface area contributed by atoms with Gasteiger partial charge in [0.25, 0.3) is 0 Å². The van der Waals surface area contributed by atoms with E-state index in [0.717, 1.165) is 29.7 Å². The molecule has 1 aliphatic heterocycles. The second-order valence-corrected chi connectivity index (χ2v) is 6.40. The minimum atomic E-state index is -0.509. The zero-order chi connectivity index (χ0) is 17.9. The molecule has 1 atom stereocenters. The largest absolute Gasteiger partial charge is 0.295 e. The number of halogens is 1. The number of carbonyl (C=O) groups excluding carboxylic acids is 1. The zero-order valence-electron chi connectivity index (χ0n) is 14.1. The summed E-state index contributed by atoms with van der Waals surface area (Å²) in [4.78, 5) is 22.3. The van der Waals surface area contributed by atoms with Crippen molar-refractivity contribution in [3.63, 3.8) is 0 Å². The first-order valence-corrected chi connectivity index (χ1v) is 8.58. The predicted octanol–water partition coefficient (Wildman–Crippen LogP) is 2.99. The van der Waals surface area contributed by atoms with E-state index < -0.39 is 5.95 Å². The maximum absolute atomic E-state index is 13.0. The molecule has 0 aliphatic carbocycles. The van der Waals surface area contributed by atoms with Gasteiger partial charge in [0.05, 0.1) is 5.69 Å². The molecule has 4 rings (SSSR count). The summed E-state index contributed by atoms with van der Waals surface area (Å²) in [6.07, 6.45) is 7.21. The van der Waals surface area contributed by atoms with Crippen LogP contribution in [-0.2, 0) is 11.2 Å². The van der Waals surface area contributed by atoms with Crippen LogP contribution < -0.4 is 4.90 Å². The Bertz CT molecular complexity index is 894. The highest BCUT2D eigenvalue weighted by molar-refractivity contribution is 5.95. The molecule has 0 saturated carbocycles. The second kappa shape index (κ2) is 7.03. The number of amides is 1. The molecular formula is C19H18FN5O. The van der Waals surface area contributed by atoms with Crippen LogP contribution in [0, 0.1) is 11.9 Å². The standard InChI is InChI=1S/C19H18FN5O/c20-17-4-3-13(12-22-17)10-15-2-1-9-25(19(15)26)18-11-16(23-24-18)14-5-7-21-8-6-14/h3-8,11-12,15H,1-2,9-10H2,(H,23,24). The lowest BCUT2D eigenvalue weighted by Crippen LogP contribution is -2.42. The lowest BCUT2D eigenvalue weighted by Gasteiger charge is -2.30. The molecule has 1 amide bonds. The summed E-state index contributed by atoms with van der Waals surface area (Å²) >= 11 is 0. The van der Waals surface area contributed by atoms with E-state index in [-0.39, 0.29) is 11.8 Å². The Morgan fingerprint density at radius 1 is 1.23 bits per heavy atom. The van der Waals surface area contributed by atoms with Crippen molar-refractivity contribution in [1.82, 2.24) is 20.2 Å². The van der Waals surface area contributed by atoms with Crippen molar-refractivity contribution < 1.29 is 9.18 Å². The zero-order valence-corrected chi connectivity index (χ0v) is 14.1. The van der Waals surface area contributed by atoms with E-state index in [1.54, 1.807) is 23.4 Å². The summed E-state index contributed by atoms with van der Waals surface area (Å²) in [6, 6.07) is 8.67. The third-order valence-corrected chi connectivity index (χ3v) is 4.65. The van der Waals surface area contributed by atoms with Gasteiger partial charge in [-0.15, -0.1) is 0 Å². The molecule has 6 nitrogen and oxygen atoms in total. The first-order chi connectivity index (χ1) is 12.7. The molecule has 3 aromatic heterocycles. The molecule has 1 saturated heterocycles. The lowest BCUT2D eigenvalue weighted by atomic mass is 9.91. The van der Waals surface area contributed by atoms with Gasteiger partial charge in [0, 0.05) is 42.7 Å². The lowest BCUT2D eigenvalue weighted by molar-refractivity contribution is -0.123. The fourth-order valence-corrected chi connectivity index (χ4v) is 3.31. The molecule has 3 aromatic rings. The van der Waals surface area contributed by atoms with Crippen LogP contribution in [0.2, 0.25) is 0 Å². The van der Waals surface area contributed by atoms with E-state index in [1.165, 1.54) is 12.3 Å². The Kier molecular flexibility index (Phi) is 4.43. The number of nitrogens with zero attached hydrogens (tertiary/aromatic N) is 4. The predicted molar refractivity (Wildman–Crippen MR) is 94.8 cm³/mol. The number of aromatic amines is 1. The van der Waals surface area contributed by atoms with Crippen molar-refractivity contribution in [3.8, 4) is 11.3 Å². The quantitative estimate of drug-likeness (QED) is 0.733. The summed E-state index contributed by atoms with van der Waals surface area (Å²) in [5.74, 6) is 0.0275. The maximum Gasteiger partial charge on any atom is 0.231 e. The molecule has 26 heavy (non-hydrogen) atoms. The van der Waals surface area contributed by atoms with Gasteiger partial charge >= 0.3 is 0 Å². The molecular weight excluding hydrogens is 333 g/mol. The van der Waals surface area contributed by atoms with Crippen LogP contribution in [0.4, 0.5) is 10.2 Å². The Labute approximate surface area is 150 Å². The number of hydrogen-bond donors (Lipinski definition) is 1. The van der Waals surface area contributed by atoms with Gasteiger partial charge in [-0.1, -0.05) is 6.07 Å². The molecule has 0 aromatic carbocycles. The first-order valence-electron chi connectivity index (χ1n) is 8.58. The smallest absolute Gasteiger partial charge is 0.231 e. The Morgan fingerprint density at radius 2 is 2.08 bits per heavy atom. The van der Waals surface area contributed by atoms with Crippen LogP contribution in [0.1, 0.15) is 18.4 Å². The molecule has 1 N–H and O–H groups in total. The Morgan fingerprint density at radius 3 is 2.85 bits per heavy atom. The second-order valence-electron chi connectivity index (χ2n) is 6.40. The number of H-pyrrole nitrogens is 1. The van der Waals surface area contributed by atoms with Crippen LogP contribution in [0.15, 0.2) is 48.9 Å². The average molecular weight is 351 g/mol. The average Bonchev–Trinajstić information content (AvgIpc) is 3.16. The molecule has 0 radical (unpaired) electrons. The van der Waals surface area contributed by atoms with Crippen LogP contribution in [-0.4, -0.2) is 32.6 Å². The van der Waals surface area contributed by atoms with Crippen LogP contribution in [0.25, 0.3) is 11.3 Å². The van der Waals surface area contributed by atoms with Crippen molar-refractivity contribution in [3.05, 3.63) is 60.4 Å². The van der Waals surface area contributed by atoms with E-state index in [4.69, 9.17) is 0 Å². The Hall–Kier alpha value is -3.09. The van der Waals surface area contributed by atoms with E-state index in [9.17, 15) is 9.18 Å². The molecule has 1 aliphatic rings. The highest BCUT2D eigenvalue weighted by atomic mass is 19.1. The fourth-order valence-electron chi connectivity index (χ4n) is 3.31. The number of piperidine rings is 1. The van der Waals surface area contributed by atoms with E-state index in [0.29, 0.717) is 18.8 Å². The van der Waals surface area contributed by atoms with Gasteiger partial charge in [0.1, 0.15) is 0 Å². The van der Waals surface area contributed by atoms with Crippen molar-refractivity contribution >= 4 is 11.7 Å². The van der Waals surface area contributed by atoms with Gasteiger partial charge < -0.3 is 0 Å². The number of rotatable bonds is 4. The number of pyridine rings is 2. The fraction of sp³-hybridized carbons (Fsp3) is 0.263. The number of carbonyl (C=O) groups is 1. The molecule has 4 heterocycles. The van der Waals surface area contributed by atoms with Crippen molar-refractivity contribution in [1.29, 1.82) is 0 Å². The number of anilines is 1. The van der Waals surface area contributed by atoms with Gasteiger partial charge in [-0.25, -0.2) is 4.98 Å². The maximum atomic E-state index is 13.0. The minimum Gasteiger partial charge on any atom is -0.295 e. The first kappa shape index (κ1) is 16.4. The monoisotopic (exact) mass is 351 g/mol. The molecule has 7 heteroatoms. The van der Waals surface area contributed by atoms with Gasteiger partial charge in [-0.3, -0.25) is 19.8 Å². The molecule has 0 bridgehead atoms. The highest BCUT2D eigenvalue weighted by Crippen LogP contribution is 2.28. The summed E-state index contributed by atoms with van der Waals surface area (Å²) in [7, 11) is 0. The van der Waals surface area contributed by atoms with E-state index >= 15 is 0 Å². The summed E-state index contributed by atoms with van der Waals surface area (Å²) in [6.45, 7) is 0.650. The van der Waals surface area contributed by atoms with Gasteiger partial charge in [0.15, 0.2) is 5.82 Å². The highest BCUT2D eigenvalue weighted by Gasteiger charge is 2.31. The van der Waals surface area contributed by atoms with Gasteiger partial charge in [-0.05, 0) is 43.0 Å². The van der Waals surface area contributed by atoms with Crippen molar-refractivity contribution in [2.75, 3.05) is 11.4 Å². The van der Waals surface area contributed by atoms with Crippen LogP contribution >= 0.6 is 0 Å². The van der Waals surface area contributed by atoms with E-state index in [1.807, 2.05) is 18.2 Å². The summed E-state index contributed by atoms with van der Waals surface area (Å²) in [5.41, 5.74) is 2.68. The van der Waals surface area contributed by atoms with Gasteiger partial charge in [-0.2, -0.15) is 9.49 Å². The third-order valence-electron chi connectivity index (χ3n) is 4.65. The summed E-state index contributed by atoms with van der Waals surface area (Å²) < 4.78 is 13.0. The normalized spacial score (nSPS) is 17.5. The Balaban J connectivity index is 1.51. The van der Waals surface area contributed by atoms with Crippen LogP contribution in [0.5, 0.6) is 0 Å². The molecule has 1 unspecified atom stereocenters. The molecule has 0 spiro atoms. The number of hydrogen-bond acceptors (Lipinski definition) is 4. The van der Waals surface area contributed by atoms with Crippen molar-refractivity contribution in [2.45, 2.75) is 19.3 Å². The van der Waals surface area contributed by atoms with Crippen molar-refractivity contribution in [2.24, 2.45) is 5.92 Å². The van der Waals surface area contributed by atoms with Crippen LogP contribution in [0.3, 0.4) is 0 Å². The van der Waals surface area contributed by atoms with E-state index in [2.05, 4.69) is 20.2 Å². The minimum absolute atomic E-state index is 0.0494. The summed E-state index contributed by atoms with van der Waals surface area (Å²) in [5, 5.41) is 7.30. The SMILES string of the molecule is O=C1C(Cc2ccc(F)nc2)CCCN1c1cc(-c2ccncc2)[nH]n1. The topological polar surface area (TPSA) is 74.8 Å².